The lowest BCUT2D eigenvalue weighted by Crippen LogP contribution is -1.94. The summed E-state index contributed by atoms with van der Waals surface area (Å²) in [5.41, 5.74) is 1.46. The minimum Gasteiger partial charge on any atom is -0.454 e. The van der Waals surface area contributed by atoms with Crippen molar-refractivity contribution in [1.82, 2.24) is 4.98 Å². The smallest absolute Gasteiger partial charge is 0.231 e. The number of carbonyl (C=O) groups excluding carboxylic acids is 1. The van der Waals surface area contributed by atoms with E-state index in [1.165, 1.54) is 6.08 Å². The molecule has 1 aromatic carbocycles. The average molecular weight is 253 g/mol. The number of ether oxygens (including phenoxy) is 2. The lowest BCUT2D eigenvalue weighted by atomic mass is 10.1. The Hall–Kier alpha value is -2.62. The maximum absolute atomic E-state index is 12.0. The van der Waals surface area contributed by atoms with Crippen LogP contribution in [0, 0.1) is 0 Å². The van der Waals surface area contributed by atoms with Gasteiger partial charge in [-0.15, -0.1) is 0 Å². The number of hydrogen-bond acceptors (Lipinski definition) is 4. The van der Waals surface area contributed by atoms with Gasteiger partial charge >= 0.3 is 0 Å². The SMILES string of the molecule is O=C(/C=C/c1cccnc1)c1ccc2c(c1)OCO2. The molecule has 4 heteroatoms. The molecule has 0 spiro atoms. The van der Waals surface area contributed by atoms with Crippen molar-refractivity contribution in [3.05, 3.63) is 59.9 Å². The molecule has 4 nitrogen and oxygen atoms in total. The van der Waals surface area contributed by atoms with E-state index in [1.54, 1.807) is 36.7 Å². The van der Waals surface area contributed by atoms with Gasteiger partial charge in [0.25, 0.3) is 0 Å². The average Bonchev–Trinajstić information content (AvgIpc) is 2.93. The monoisotopic (exact) mass is 253 g/mol. The number of fused-ring (bicyclic) bond motifs is 1. The fraction of sp³-hybridized carbons (Fsp3) is 0.0667. The fourth-order valence-corrected chi connectivity index (χ4v) is 1.79. The molecule has 0 aliphatic carbocycles. The van der Waals surface area contributed by atoms with Crippen LogP contribution in [0.1, 0.15) is 15.9 Å². The van der Waals surface area contributed by atoms with Gasteiger partial charge in [0, 0.05) is 18.0 Å². The lowest BCUT2D eigenvalue weighted by Gasteiger charge is -1.99. The molecular formula is C15H11NO3. The number of ketones is 1. The van der Waals surface area contributed by atoms with Crippen LogP contribution in [0.2, 0.25) is 0 Å². The Morgan fingerprint density at radius 3 is 2.95 bits per heavy atom. The molecule has 0 saturated heterocycles. The van der Waals surface area contributed by atoms with Crippen molar-refractivity contribution >= 4 is 11.9 Å². The van der Waals surface area contributed by atoms with E-state index in [1.807, 2.05) is 12.1 Å². The number of carbonyl (C=O) groups is 1. The number of pyridine rings is 1. The van der Waals surface area contributed by atoms with E-state index in [0.29, 0.717) is 17.1 Å². The summed E-state index contributed by atoms with van der Waals surface area (Å²) >= 11 is 0. The van der Waals surface area contributed by atoms with E-state index in [0.717, 1.165) is 5.56 Å². The van der Waals surface area contributed by atoms with Crippen molar-refractivity contribution < 1.29 is 14.3 Å². The van der Waals surface area contributed by atoms with Crippen molar-refractivity contribution in [2.24, 2.45) is 0 Å². The van der Waals surface area contributed by atoms with Crippen molar-refractivity contribution in [1.29, 1.82) is 0 Å². The van der Waals surface area contributed by atoms with Crippen LogP contribution in [-0.4, -0.2) is 17.6 Å². The molecule has 3 rings (SSSR count). The van der Waals surface area contributed by atoms with Gasteiger partial charge in [-0.05, 0) is 42.0 Å². The molecule has 2 aromatic rings. The van der Waals surface area contributed by atoms with Gasteiger partial charge in [0.1, 0.15) is 0 Å². The number of nitrogens with zero attached hydrogens (tertiary/aromatic N) is 1. The molecule has 0 saturated carbocycles. The van der Waals surface area contributed by atoms with Gasteiger partial charge in [-0.3, -0.25) is 9.78 Å². The first-order valence-electron chi connectivity index (χ1n) is 5.85. The molecule has 1 aliphatic rings. The highest BCUT2D eigenvalue weighted by Crippen LogP contribution is 2.32. The van der Waals surface area contributed by atoms with Gasteiger partial charge in [-0.1, -0.05) is 6.07 Å². The highest BCUT2D eigenvalue weighted by atomic mass is 16.7. The quantitative estimate of drug-likeness (QED) is 0.623. The van der Waals surface area contributed by atoms with Crippen LogP contribution in [0.4, 0.5) is 0 Å². The highest BCUT2D eigenvalue weighted by Gasteiger charge is 2.14. The molecule has 0 N–H and O–H groups in total. The fourth-order valence-electron chi connectivity index (χ4n) is 1.79. The zero-order valence-corrected chi connectivity index (χ0v) is 10.1. The Kier molecular flexibility index (Phi) is 2.98. The second-order valence-corrected chi connectivity index (χ2v) is 4.05. The Labute approximate surface area is 110 Å². The maximum Gasteiger partial charge on any atom is 0.231 e. The summed E-state index contributed by atoms with van der Waals surface area (Å²) in [7, 11) is 0. The van der Waals surface area contributed by atoms with E-state index >= 15 is 0 Å². The Balaban J connectivity index is 1.79. The number of rotatable bonds is 3. The molecule has 1 aromatic heterocycles. The molecule has 19 heavy (non-hydrogen) atoms. The third-order valence-corrected chi connectivity index (χ3v) is 2.77. The summed E-state index contributed by atoms with van der Waals surface area (Å²) in [6, 6.07) is 8.87. The minimum absolute atomic E-state index is 0.0813. The van der Waals surface area contributed by atoms with Crippen LogP contribution in [0.15, 0.2) is 48.8 Å². The van der Waals surface area contributed by atoms with Crippen LogP contribution in [0.5, 0.6) is 11.5 Å². The van der Waals surface area contributed by atoms with Crippen LogP contribution in [-0.2, 0) is 0 Å². The van der Waals surface area contributed by atoms with Crippen LogP contribution in [0.3, 0.4) is 0 Å². The van der Waals surface area contributed by atoms with Gasteiger partial charge in [-0.25, -0.2) is 0 Å². The molecule has 0 amide bonds. The summed E-state index contributed by atoms with van der Waals surface area (Å²) in [6.45, 7) is 0.207. The largest absolute Gasteiger partial charge is 0.454 e. The molecule has 0 radical (unpaired) electrons. The molecule has 94 valence electrons. The first kappa shape index (κ1) is 11.5. The van der Waals surface area contributed by atoms with Crippen molar-refractivity contribution in [3.63, 3.8) is 0 Å². The van der Waals surface area contributed by atoms with Crippen LogP contribution >= 0.6 is 0 Å². The standard InChI is InChI=1S/C15H11NO3/c17-13(5-3-11-2-1-7-16-9-11)12-4-6-14-15(8-12)19-10-18-14/h1-9H,10H2/b5-3+. The number of hydrogen-bond donors (Lipinski definition) is 0. The molecule has 0 unspecified atom stereocenters. The van der Waals surface area contributed by atoms with E-state index in [2.05, 4.69) is 4.98 Å². The molecule has 0 bridgehead atoms. The Bertz CT molecular complexity index is 635. The second-order valence-electron chi connectivity index (χ2n) is 4.05. The molecule has 0 atom stereocenters. The molecule has 1 aliphatic heterocycles. The zero-order chi connectivity index (χ0) is 13.1. The predicted molar refractivity (Wildman–Crippen MR) is 70.2 cm³/mol. The van der Waals surface area contributed by atoms with E-state index < -0.39 is 0 Å². The number of benzene rings is 1. The third-order valence-electron chi connectivity index (χ3n) is 2.77. The van der Waals surface area contributed by atoms with Gasteiger partial charge in [-0.2, -0.15) is 0 Å². The lowest BCUT2D eigenvalue weighted by molar-refractivity contribution is 0.104. The summed E-state index contributed by atoms with van der Waals surface area (Å²) in [5, 5.41) is 0. The molecular weight excluding hydrogens is 242 g/mol. The van der Waals surface area contributed by atoms with Crippen LogP contribution < -0.4 is 9.47 Å². The topological polar surface area (TPSA) is 48.4 Å². The summed E-state index contributed by atoms with van der Waals surface area (Å²) in [4.78, 5) is 16.0. The normalized spacial score (nSPS) is 12.8. The third kappa shape index (κ3) is 2.47. The summed E-state index contributed by atoms with van der Waals surface area (Å²) < 4.78 is 10.4. The van der Waals surface area contributed by atoms with E-state index in [-0.39, 0.29) is 12.6 Å². The predicted octanol–water partition coefficient (Wildman–Crippen LogP) is 2.71. The van der Waals surface area contributed by atoms with Crippen molar-refractivity contribution in [3.8, 4) is 11.5 Å². The van der Waals surface area contributed by atoms with Crippen molar-refractivity contribution in [2.45, 2.75) is 0 Å². The first-order valence-corrected chi connectivity index (χ1v) is 5.85. The molecule has 2 heterocycles. The Morgan fingerprint density at radius 2 is 2.11 bits per heavy atom. The minimum atomic E-state index is -0.0813. The first-order chi connectivity index (χ1) is 9.33. The number of aromatic nitrogens is 1. The van der Waals surface area contributed by atoms with Gasteiger partial charge < -0.3 is 9.47 Å². The zero-order valence-electron chi connectivity index (χ0n) is 10.1. The van der Waals surface area contributed by atoms with Gasteiger partial charge in [0.15, 0.2) is 17.3 Å². The summed E-state index contributed by atoms with van der Waals surface area (Å²) in [5.74, 6) is 1.20. The molecule has 0 fully saturated rings. The second kappa shape index (κ2) is 4.94. The summed E-state index contributed by atoms with van der Waals surface area (Å²) in [6.07, 6.45) is 6.65. The van der Waals surface area contributed by atoms with E-state index in [4.69, 9.17) is 9.47 Å². The van der Waals surface area contributed by atoms with E-state index in [9.17, 15) is 4.79 Å². The van der Waals surface area contributed by atoms with Gasteiger partial charge in [0.2, 0.25) is 6.79 Å². The van der Waals surface area contributed by atoms with Crippen molar-refractivity contribution in [2.75, 3.05) is 6.79 Å². The van der Waals surface area contributed by atoms with Gasteiger partial charge in [0.05, 0.1) is 0 Å². The highest BCUT2D eigenvalue weighted by molar-refractivity contribution is 6.07. The number of allylic oxidation sites excluding steroid dienone is 1. The maximum atomic E-state index is 12.0. The Morgan fingerprint density at radius 1 is 1.21 bits per heavy atom. The van der Waals surface area contributed by atoms with Crippen LogP contribution in [0.25, 0.3) is 6.08 Å².